The van der Waals surface area contributed by atoms with Crippen molar-refractivity contribution in [2.75, 3.05) is 19.0 Å². The molecule has 5 nitrogen and oxygen atoms in total. The molecule has 0 saturated heterocycles. The lowest BCUT2D eigenvalue weighted by molar-refractivity contribution is 0.397. The van der Waals surface area contributed by atoms with E-state index in [9.17, 15) is 0 Å². The van der Waals surface area contributed by atoms with Crippen LogP contribution in [0.25, 0.3) is 0 Å². The molecule has 0 amide bonds. The van der Waals surface area contributed by atoms with Crippen LogP contribution >= 0.6 is 0 Å². The summed E-state index contributed by atoms with van der Waals surface area (Å²) in [5, 5.41) is 11.1. The van der Waals surface area contributed by atoms with Gasteiger partial charge in [0.15, 0.2) is 0 Å². The average molecular weight is 224 g/mol. The van der Waals surface area contributed by atoms with Gasteiger partial charge < -0.3 is 14.6 Å². The van der Waals surface area contributed by atoms with Gasteiger partial charge in [-0.1, -0.05) is 24.4 Å². The molecule has 1 saturated carbocycles. The molecular weight excluding hydrogens is 204 g/mol. The quantitative estimate of drug-likeness (QED) is 0.841. The zero-order chi connectivity index (χ0) is 11.4. The SMILES string of the molecule is CNCc1nnc(N(C)C2CCCCC2)o1. The fraction of sp³-hybridized carbons (Fsp3) is 0.818. The molecule has 0 aliphatic heterocycles. The molecule has 0 radical (unpaired) electrons. The topological polar surface area (TPSA) is 54.2 Å². The number of rotatable bonds is 4. The summed E-state index contributed by atoms with van der Waals surface area (Å²) in [5.74, 6) is 0.653. The average Bonchev–Trinajstić information content (AvgIpc) is 2.78. The molecule has 16 heavy (non-hydrogen) atoms. The first-order chi connectivity index (χ1) is 7.81. The fourth-order valence-electron chi connectivity index (χ4n) is 2.23. The Morgan fingerprint density at radius 1 is 1.31 bits per heavy atom. The van der Waals surface area contributed by atoms with Gasteiger partial charge in [-0.3, -0.25) is 0 Å². The highest BCUT2D eigenvalue weighted by atomic mass is 16.4. The van der Waals surface area contributed by atoms with Gasteiger partial charge in [0.2, 0.25) is 5.89 Å². The van der Waals surface area contributed by atoms with E-state index in [0.717, 1.165) is 0 Å². The van der Waals surface area contributed by atoms with Crippen LogP contribution in [0.2, 0.25) is 0 Å². The third-order valence-electron chi connectivity index (χ3n) is 3.21. The third kappa shape index (κ3) is 2.52. The second-order valence-electron chi connectivity index (χ2n) is 4.41. The Morgan fingerprint density at radius 3 is 2.75 bits per heavy atom. The van der Waals surface area contributed by atoms with Crippen LogP contribution in [0.3, 0.4) is 0 Å². The van der Waals surface area contributed by atoms with Crippen LogP contribution in [0, 0.1) is 0 Å². The van der Waals surface area contributed by atoms with Crippen molar-refractivity contribution in [1.29, 1.82) is 0 Å². The van der Waals surface area contributed by atoms with E-state index in [1.54, 1.807) is 0 Å². The van der Waals surface area contributed by atoms with E-state index in [0.29, 0.717) is 24.5 Å². The maximum absolute atomic E-state index is 5.58. The number of aromatic nitrogens is 2. The van der Waals surface area contributed by atoms with Crippen molar-refractivity contribution in [3.8, 4) is 0 Å². The zero-order valence-corrected chi connectivity index (χ0v) is 10.1. The Morgan fingerprint density at radius 2 is 2.06 bits per heavy atom. The van der Waals surface area contributed by atoms with E-state index in [4.69, 9.17) is 4.42 Å². The van der Waals surface area contributed by atoms with Crippen molar-refractivity contribution in [3.05, 3.63) is 5.89 Å². The lowest BCUT2D eigenvalue weighted by Crippen LogP contribution is -2.33. The van der Waals surface area contributed by atoms with E-state index in [2.05, 4.69) is 20.4 Å². The standard InChI is InChI=1S/C11H20N4O/c1-12-8-10-13-14-11(16-10)15(2)9-6-4-3-5-7-9/h9,12H,3-8H2,1-2H3. The number of hydrogen-bond acceptors (Lipinski definition) is 5. The van der Waals surface area contributed by atoms with Gasteiger partial charge in [-0.05, 0) is 19.9 Å². The summed E-state index contributed by atoms with van der Waals surface area (Å²) in [5.41, 5.74) is 0. The summed E-state index contributed by atoms with van der Waals surface area (Å²) in [6.07, 6.45) is 6.46. The highest BCUT2D eigenvalue weighted by Gasteiger charge is 2.21. The molecule has 1 aromatic heterocycles. The molecule has 90 valence electrons. The first-order valence-electron chi connectivity index (χ1n) is 6.01. The largest absolute Gasteiger partial charge is 0.407 e. The predicted molar refractivity (Wildman–Crippen MR) is 62.3 cm³/mol. The second kappa shape index (κ2) is 5.30. The number of nitrogens with zero attached hydrogens (tertiary/aromatic N) is 3. The maximum Gasteiger partial charge on any atom is 0.318 e. The number of hydrogen-bond donors (Lipinski definition) is 1. The highest BCUT2D eigenvalue weighted by Crippen LogP contribution is 2.25. The van der Waals surface area contributed by atoms with Crippen LogP contribution < -0.4 is 10.2 Å². The summed E-state index contributed by atoms with van der Waals surface area (Å²) >= 11 is 0. The van der Waals surface area contributed by atoms with Crippen LogP contribution in [-0.2, 0) is 6.54 Å². The monoisotopic (exact) mass is 224 g/mol. The van der Waals surface area contributed by atoms with E-state index in [1.807, 2.05) is 14.1 Å². The first kappa shape index (κ1) is 11.4. The van der Waals surface area contributed by atoms with E-state index >= 15 is 0 Å². The molecule has 1 aliphatic carbocycles. The Labute approximate surface area is 96.2 Å². The minimum absolute atomic E-state index is 0.566. The van der Waals surface area contributed by atoms with E-state index < -0.39 is 0 Å². The summed E-state index contributed by atoms with van der Waals surface area (Å²) in [6, 6.07) is 1.22. The van der Waals surface area contributed by atoms with Crippen molar-refractivity contribution in [3.63, 3.8) is 0 Å². The van der Waals surface area contributed by atoms with Gasteiger partial charge in [0, 0.05) is 13.1 Å². The minimum atomic E-state index is 0.566. The summed E-state index contributed by atoms with van der Waals surface area (Å²) in [7, 11) is 3.92. The van der Waals surface area contributed by atoms with Gasteiger partial charge in [0.1, 0.15) is 0 Å². The van der Waals surface area contributed by atoms with Crippen molar-refractivity contribution in [1.82, 2.24) is 15.5 Å². The third-order valence-corrected chi connectivity index (χ3v) is 3.21. The molecule has 2 rings (SSSR count). The van der Waals surface area contributed by atoms with Crippen LogP contribution in [-0.4, -0.2) is 30.3 Å². The van der Waals surface area contributed by atoms with Crippen molar-refractivity contribution in [2.24, 2.45) is 0 Å². The summed E-state index contributed by atoms with van der Waals surface area (Å²) in [4.78, 5) is 2.13. The smallest absolute Gasteiger partial charge is 0.318 e. The van der Waals surface area contributed by atoms with E-state index in [1.165, 1.54) is 32.1 Å². The molecule has 0 spiro atoms. The zero-order valence-electron chi connectivity index (χ0n) is 10.1. The molecule has 0 bridgehead atoms. The molecule has 5 heteroatoms. The molecule has 0 unspecified atom stereocenters. The number of anilines is 1. The van der Waals surface area contributed by atoms with Crippen LogP contribution in [0.1, 0.15) is 38.0 Å². The molecule has 1 aliphatic rings. The summed E-state index contributed by atoms with van der Waals surface area (Å²) < 4.78 is 5.58. The number of nitrogens with one attached hydrogen (secondary N) is 1. The Hall–Kier alpha value is -1.10. The molecule has 1 fully saturated rings. The van der Waals surface area contributed by atoms with Gasteiger partial charge in [-0.2, -0.15) is 0 Å². The second-order valence-corrected chi connectivity index (χ2v) is 4.41. The van der Waals surface area contributed by atoms with Crippen LogP contribution in [0.5, 0.6) is 0 Å². The molecule has 1 heterocycles. The maximum atomic E-state index is 5.58. The Kier molecular flexibility index (Phi) is 3.77. The Balaban J connectivity index is 1.98. The van der Waals surface area contributed by atoms with Gasteiger partial charge in [0.05, 0.1) is 6.54 Å². The van der Waals surface area contributed by atoms with Crippen molar-refractivity contribution >= 4 is 6.01 Å². The lowest BCUT2D eigenvalue weighted by Gasteiger charge is -2.29. The molecule has 0 aromatic carbocycles. The summed E-state index contributed by atoms with van der Waals surface area (Å²) in [6.45, 7) is 0.630. The first-order valence-corrected chi connectivity index (χ1v) is 6.01. The minimum Gasteiger partial charge on any atom is -0.407 e. The molecule has 1 N–H and O–H groups in total. The predicted octanol–water partition coefficient (Wildman–Crippen LogP) is 1.56. The van der Waals surface area contributed by atoms with Gasteiger partial charge >= 0.3 is 6.01 Å². The van der Waals surface area contributed by atoms with Crippen molar-refractivity contribution in [2.45, 2.75) is 44.7 Å². The van der Waals surface area contributed by atoms with Crippen molar-refractivity contribution < 1.29 is 4.42 Å². The van der Waals surface area contributed by atoms with E-state index in [-0.39, 0.29) is 0 Å². The molecule has 1 aromatic rings. The fourth-order valence-corrected chi connectivity index (χ4v) is 2.23. The molecule has 0 atom stereocenters. The van der Waals surface area contributed by atoms with Gasteiger partial charge in [-0.25, -0.2) is 0 Å². The normalized spacial score (nSPS) is 17.6. The van der Waals surface area contributed by atoms with Crippen LogP contribution in [0.15, 0.2) is 4.42 Å². The Bertz CT molecular complexity index is 320. The van der Waals surface area contributed by atoms with Crippen LogP contribution in [0.4, 0.5) is 6.01 Å². The molecular formula is C11H20N4O. The highest BCUT2D eigenvalue weighted by molar-refractivity contribution is 5.24. The van der Waals surface area contributed by atoms with Gasteiger partial charge in [-0.15, -0.1) is 5.10 Å². The lowest BCUT2D eigenvalue weighted by atomic mass is 9.95. The van der Waals surface area contributed by atoms with Gasteiger partial charge in [0.25, 0.3) is 0 Å².